The molecule has 0 saturated heterocycles. The molecule has 1 aliphatic rings. The molecule has 0 bridgehead atoms. The third kappa shape index (κ3) is 4.09. The van der Waals surface area contributed by atoms with Crippen molar-refractivity contribution in [1.82, 2.24) is 5.32 Å². The molecular weight excluding hydrogens is 370 g/mol. The quantitative estimate of drug-likeness (QED) is 0.839. The summed E-state index contributed by atoms with van der Waals surface area (Å²) in [4.78, 5) is 12.2. The van der Waals surface area contributed by atoms with Crippen LogP contribution in [0.4, 0.5) is 0 Å². The maximum atomic E-state index is 12.2. The maximum absolute atomic E-state index is 12.2. The minimum atomic E-state index is -0.0764. The maximum Gasteiger partial charge on any atom is 0.220 e. The number of halogens is 1. The highest BCUT2D eigenvalue weighted by Crippen LogP contribution is 2.32. The summed E-state index contributed by atoms with van der Waals surface area (Å²) in [5.74, 6) is 1.54. The van der Waals surface area contributed by atoms with E-state index in [0.717, 1.165) is 27.1 Å². The highest BCUT2D eigenvalue weighted by molar-refractivity contribution is 9.10. The molecule has 2 aromatic rings. The zero-order valence-electron chi connectivity index (χ0n) is 13.5. The Labute approximate surface area is 150 Å². The van der Waals surface area contributed by atoms with Crippen molar-refractivity contribution in [2.75, 3.05) is 13.2 Å². The molecule has 126 valence electrons. The lowest BCUT2D eigenvalue weighted by molar-refractivity contribution is -0.121. The molecule has 1 aliphatic heterocycles. The molecule has 4 nitrogen and oxygen atoms in total. The van der Waals surface area contributed by atoms with E-state index in [9.17, 15) is 4.79 Å². The highest BCUT2D eigenvalue weighted by Gasteiger charge is 2.16. The molecule has 5 heteroatoms. The molecule has 0 fully saturated rings. The van der Waals surface area contributed by atoms with E-state index < -0.39 is 0 Å². The number of aryl methyl sites for hydroxylation is 1. The third-order valence-electron chi connectivity index (χ3n) is 4.02. The number of fused-ring (bicyclic) bond motifs is 1. The van der Waals surface area contributed by atoms with Crippen molar-refractivity contribution in [3.8, 4) is 11.5 Å². The zero-order valence-corrected chi connectivity index (χ0v) is 15.1. The molecule has 1 heterocycles. The predicted molar refractivity (Wildman–Crippen MR) is 96.5 cm³/mol. The summed E-state index contributed by atoms with van der Waals surface area (Å²) in [5.41, 5.74) is 2.15. The normalized spacial score (nSPS) is 14.1. The van der Waals surface area contributed by atoms with Crippen LogP contribution in [-0.2, 0) is 11.2 Å². The molecular formula is C19H20BrNO3. The largest absolute Gasteiger partial charge is 0.486 e. The van der Waals surface area contributed by atoms with E-state index in [1.165, 1.54) is 0 Å². The SMILES string of the molecule is CC(NC(=O)CCc1ccccc1Br)c1ccc2c(c1)OCCO2. The van der Waals surface area contributed by atoms with Crippen LogP contribution < -0.4 is 14.8 Å². The number of hydrogen-bond donors (Lipinski definition) is 1. The summed E-state index contributed by atoms with van der Waals surface area (Å²) in [6, 6.07) is 13.7. The average Bonchev–Trinajstić information content (AvgIpc) is 2.60. The Morgan fingerprint density at radius 3 is 2.71 bits per heavy atom. The molecule has 0 spiro atoms. The summed E-state index contributed by atoms with van der Waals surface area (Å²) in [6.45, 7) is 3.11. The summed E-state index contributed by atoms with van der Waals surface area (Å²) >= 11 is 3.51. The summed E-state index contributed by atoms with van der Waals surface area (Å²) in [7, 11) is 0. The molecule has 0 aliphatic carbocycles. The van der Waals surface area contributed by atoms with Gasteiger partial charge in [0.15, 0.2) is 11.5 Å². The number of amides is 1. The number of benzene rings is 2. The number of carbonyl (C=O) groups excluding carboxylic acids is 1. The number of nitrogens with one attached hydrogen (secondary N) is 1. The van der Waals surface area contributed by atoms with Crippen molar-refractivity contribution in [3.63, 3.8) is 0 Å². The van der Waals surface area contributed by atoms with Crippen molar-refractivity contribution < 1.29 is 14.3 Å². The van der Waals surface area contributed by atoms with Crippen LogP contribution in [0.3, 0.4) is 0 Å². The summed E-state index contributed by atoms with van der Waals surface area (Å²) in [6.07, 6.45) is 1.17. The molecule has 0 saturated carbocycles. The average molecular weight is 390 g/mol. The Balaban J connectivity index is 1.57. The molecule has 3 rings (SSSR count). The topological polar surface area (TPSA) is 47.6 Å². The molecule has 1 amide bonds. The fraction of sp³-hybridized carbons (Fsp3) is 0.316. The Bertz CT molecular complexity index is 732. The molecule has 1 atom stereocenters. The smallest absolute Gasteiger partial charge is 0.220 e. The molecule has 1 unspecified atom stereocenters. The lowest BCUT2D eigenvalue weighted by atomic mass is 10.1. The van der Waals surface area contributed by atoms with Crippen LogP contribution in [-0.4, -0.2) is 19.1 Å². The van der Waals surface area contributed by atoms with Gasteiger partial charge in [0.25, 0.3) is 0 Å². The summed E-state index contributed by atoms with van der Waals surface area (Å²) < 4.78 is 12.2. The lowest BCUT2D eigenvalue weighted by Crippen LogP contribution is -2.27. The second-order valence-corrected chi connectivity index (χ2v) is 6.64. The Kier molecular flexibility index (Phi) is 5.41. The van der Waals surface area contributed by atoms with Gasteiger partial charge >= 0.3 is 0 Å². The molecule has 0 aromatic heterocycles. The monoisotopic (exact) mass is 389 g/mol. The number of hydrogen-bond acceptors (Lipinski definition) is 3. The van der Waals surface area contributed by atoms with Gasteiger partial charge in [-0.3, -0.25) is 4.79 Å². The van der Waals surface area contributed by atoms with Crippen molar-refractivity contribution in [3.05, 3.63) is 58.1 Å². The van der Waals surface area contributed by atoms with Crippen LogP contribution in [0, 0.1) is 0 Å². The van der Waals surface area contributed by atoms with Crippen molar-refractivity contribution in [2.45, 2.75) is 25.8 Å². The van der Waals surface area contributed by atoms with E-state index in [-0.39, 0.29) is 11.9 Å². The van der Waals surface area contributed by atoms with E-state index in [1.54, 1.807) is 0 Å². The second kappa shape index (κ2) is 7.71. The van der Waals surface area contributed by atoms with Gasteiger partial charge in [-0.2, -0.15) is 0 Å². The standard InChI is InChI=1S/C19H20BrNO3/c1-13(15-6-8-17-18(12-15)24-11-10-23-17)21-19(22)9-7-14-4-2-3-5-16(14)20/h2-6,8,12-13H,7,9-11H2,1H3,(H,21,22). The summed E-state index contributed by atoms with van der Waals surface area (Å²) in [5, 5.41) is 3.04. The van der Waals surface area contributed by atoms with Crippen LogP contribution in [0.1, 0.15) is 30.5 Å². The Hall–Kier alpha value is -2.01. The minimum absolute atomic E-state index is 0.0353. The first-order valence-electron chi connectivity index (χ1n) is 8.06. The Morgan fingerprint density at radius 2 is 1.92 bits per heavy atom. The van der Waals surface area contributed by atoms with Gasteiger partial charge in [0.2, 0.25) is 5.91 Å². The van der Waals surface area contributed by atoms with Crippen LogP contribution in [0.15, 0.2) is 46.9 Å². The fourth-order valence-electron chi connectivity index (χ4n) is 2.68. The molecule has 2 aromatic carbocycles. The highest BCUT2D eigenvalue weighted by atomic mass is 79.9. The van der Waals surface area contributed by atoms with Gasteiger partial charge in [0, 0.05) is 10.9 Å². The van der Waals surface area contributed by atoms with Gasteiger partial charge in [0.05, 0.1) is 6.04 Å². The number of rotatable bonds is 5. The van der Waals surface area contributed by atoms with Crippen LogP contribution in [0.5, 0.6) is 11.5 Å². The first-order valence-corrected chi connectivity index (χ1v) is 8.85. The van der Waals surface area contributed by atoms with Crippen molar-refractivity contribution in [1.29, 1.82) is 0 Å². The van der Waals surface area contributed by atoms with E-state index in [4.69, 9.17) is 9.47 Å². The number of carbonyl (C=O) groups is 1. The van der Waals surface area contributed by atoms with Crippen molar-refractivity contribution in [2.24, 2.45) is 0 Å². The van der Waals surface area contributed by atoms with Gasteiger partial charge in [-0.25, -0.2) is 0 Å². The van der Waals surface area contributed by atoms with Gasteiger partial charge in [0.1, 0.15) is 13.2 Å². The predicted octanol–water partition coefficient (Wildman–Crippen LogP) is 4.03. The van der Waals surface area contributed by atoms with Gasteiger partial charge < -0.3 is 14.8 Å². The van der Waals surface area contributed by atoms with Gasteiger partial charge in [-0.1, -0.05) is 40.2 Å². The fourth-order valence-corrected chi connectivity index (χ4v) is 3.16. The van der Waals surface area contributed by atoms with E-state index in [0.29, 0.717) is 26.1 Å². The zero-order chi connectivity index (χ0) is 16.9. The molecule has 1 N–H and O–H groups in total. The second-order valence-electron chi connectivity index (χ2n) is 5.78. The number of ether oxygens (including phenoxy) is 2. The molecule has 24 heavy (non-hydrogen) atoms. The van der Waals surface area contributed by atoms with Crippen LogP contribution >= 0.6 is 15.9 Å². The first kappa shape index (κ1) is 16.8. The minimum Gasteiger partial charge on any atom is -0.486 e. The van der Waals surface area contributed by atoms with Gasteiger partial charge in [-0.05, 0) is 42.7 Å². The van der Waals surface area contributed by atoms with E-state index >= 15 is 0 Å². The van der Waals surface area contributed by atoms with Gasteiger partial charge in [-0.15, -0.1) is 0 Å². The van der Waals surface area contributed by atoms with Crippen LogP contribution in [0.25, 0.3) is 0 Å². The van der Waals surface area contributed by atoms with Crippen molar-refractivity contribution >= 4 is 21.8 Å². The Morgan fingerprint density at radius 1 is 1.17 bits per heavy atom. The van der Waals surface area contributed by atoms with E-state index in [2.05, 4.69) is 21.2 Å². The van der Waals surface area contributed by atoms with Crippen LogP contribution in [0.2, 0.25) is 0 Å². The lowest BCUT2D eigenvalue weighted by Gasteiger charge is -2.21. The first-order chi connectivity index (χ1) is 11.6. The third-order valence-corrected chi connectivity index (χ3v) is 4.80. The molecule has 0 radical (unpaired) electrons. The van der Waals surface area contributed by atoms with E-state index in [1.807, 2.05) is 49.4 Å².